The lowest BCUT2D eigenvalue weighted by molar-refractivity contribution is 0.100. The zero-order chi connectivity index (χ0) is 11.5. The number of nitrogens with zero attached hydrogens (tertiary/aromatic N) is 4. The SMILES string of the molecule is CN(C)/C=N/C(=O)c1cnn2c1NCC=C2. The Morgan fingerprint density at radius 1 is 1.69 bits per heavy atom. The second-order valence-corrected chi connectivity index (χ2v) is 3.63. The van der Waals surface area contributed by atoms with Gasteiger partial charge >= 0.3 is 0 Å². The summed E-state index contributed by atoms with van der Waals surface area (Å²) < 4.78 is 1.63. The van der Waals surface area contributed by atoms with Crippen molar-refractivity contribution in [1.82, 2.24) is 14.7 Å². The van der Waals surface area contributed by atoms with Crippen molar-refractivity contribution in [2.24, 2.45) is 4.99 Å². The lowest BCUT2D eigenvalue weighted by Crippen LogP contribution is -2.13. The Morgan fingerprint density at radius 3 is 3.25 bits per heavy atom. The van der Waals surface area contributed by atoms with E-state index in [-0.39, 0.29) is 5.91 Å². The summed E-state index contributed by atoms with van der Waals surface area (Å²) in [4.78, 5) is 17.3. The number of fused-ring (bicyclic) bond motifs is 1. The molecule has 0 aromatic carbocycles. The number of amides is 1. The van der Waals surface area contributed by atoms with Crippen molar-refractivity contribution in [1.29, 1.82) is 0 Å². The highest BCUT2D eigenvalue weighted by Gasteiger charge is 2.16. The molecule has 0 spiro atoms. The molecule has 0 bridgehead atoms. The molecule has 0 radical (unpaired) electrons. The molecule has 0 aliphatic carbocycles. The zero-order valence-corrected chi connectivity index (χ0v) is 9.21. The average Bonchev–Trinajstić information content (AvgIpc) is 2.69. The number of carbonyl (C=O) groups excluding carboxylic acids is 1. The quantitative estimate of drug-likeness (QED) is 0.581. The topological polar surface area (TPSA) is 62.5 Å². The summed E-state index contributed by atoms with van der Waals surface area (Å²) in [6.07, 6.45) is 6.74. The van der Waals surface area contributed by atoms with Crippen LogP contribution in [0.2, 0.25) is 0 Å². The molecule has 0 fully saturated rings. The second-order valence-electron chi connectivity index (χ2n) is 3.63. The summed E-state index contributed by atoms with van der Waals surface area (Å²) in [5.41, 5.74) is 0.488. The maximum atomic E-state index is 11.7. The van der Waals surface area contributed by atoms with Gasteiger partial charge in [0.1, 0.15) is 11.4 Å². The van der Waals surface area contributed by atoms with E-state index in [9.17, 15) is 4.79 Å². The molecular weight excluding hydrogens is 206 g/mol. The maximum absolute atomic E-state index is 11.7. The van der Waals surface area contributed by atoms with Gasteiger partial charge in [0, 0.05) is 26.8 Å². The molecule has 2 heterocycles. The Kier molecular flexibility index (Phi) is 2.72. The lowest BCUT2D eigenvalue weighted by Gasteiger charge is -2.10. The van der Waals surface area contributed by atoms with E-state index < -0.39 is 0 Å². The highest BCUT2D eigenvalue weighted by molar-refractivity contribution is 6.02. The molecule has 0 atom stereocenters. The number of carbonyl (C=O) groups is 1. The number of aromatic nitrogens is 2. The van der Waals surface area contributed by atoms with Gasteiger partial charge < -0.3 is 10.2 Å². The zero-order valence-electron chi connectivity index (χ0n) is 9.21. The predicted molar refractivity (Wildman–Crippen MR) is 62.6 cm³/mol. The standard InChI is InChI=1S/C10H13N5O/c1-14(2)7-12-10(16)8-6-13-15-5-3-4-11-9(8)15/h3,5-7,11H,4H2,1-2H3/b12-7+. The molecule has 1 aromatic heterocycles. The minimum Gasteiger partial charge on any atom is -0.369 e. The van der Waals surface area contributed by atoms with Crippen LogP contribution in [0.3, 0.4) is 0 Å². The van der Waals surface area contributed by atoms with Gasteiger partial charge in [-0.3, -0.25) is 4.79 Å². The maximum Gasteiger partial charge on any atom is 0.283 e. The Balaban J connectivity index is 2.25. The van der Waals surface area contributed by atoms with Crippen LogP contribution in [0.5, 0.6) is 0 Å². The molecule has 1 amide bonds. The van der Waals surface area contributed by atoms with Crippen molar-refractivity contribution in [2.75, 3.05) is 26.0 Å². The molecule has 16 heavy (non-hydrogen) atoms. The van der Waals surface area contributed by atoms with E-state index in [1.807, 2.05) is 26.4 Å². The van der Waals surface area contributed by atoms with Gasteiger partial charge in [-0.05, 0) is 6.08 Å². The molecule has 1 aliphatic heterocycles. The molecule has 1 aromatic rings. The summed E-state index contributed by atoms with van der Waals surface area (Å²) in [7, 11) is 3.62. The molecule has 0 saturated heterocycles. The van der Waals surface area contributed by atoms with Crippen LogP contribution in [0.4, 0.5) is 5.82 Å². The molecule has 2 rings (SSSR count). The van der Waals surface area contributed by atoms with E-state index in [1.54, 1.807) is 9.58 Å². The first kappa shape index (κ1) is 10.4. The largest absolute Gasteiger partial charge is 0.369 e. The van der Waals surface area contributed by atoms with Crippen molar-refractivity contribution < 1.29 is 4.79 Å². The van der Waals surface area contributed by atoms with Gasteiger partial charge in [-0.1, -0.05) is 0 Å². The fourth-order valence-electron chi connectivity index (χ4n) is 1.35. The van der Waals surface area contributed by atoms with Crippen molar-refractivity contribution in [3.63, 3.8) is 0 Å². The molecule has 1 aliphatic rings. The van der Waals surface area contributed by atoms with Gasteiger partial charge in [-0.15, -0.1) is 0 Å². The van der Waals surface area contributed by atoms with E-state index in [0.29, 0.717) is 17.9 Å². The predicted octanol–water partition coefficient (Wildman–Crippen LogP) is 0.509. The smallest absolute Gasteiger partial charge is 0.283 e. The molecule has 0 saturated carbocycles. The first-order valence-electron chi connectivity index (χ1n) is 4.91. The number of hydrogen-bond acceptors (Lipinski definition) is 3. The van der Waals surface area contributed by atoms with Crippen LogP contribution in [-0.4, -0.2) is 47.6 Å². The first-order valence-corrected chi connectivity index (χ1v) is 4.91. The minimum absolute atomic E-state index is 0.294. The Morgan fingerprint density at radius 2 is 2.50 bits per heavy atom. The number of hydrogen-bond donors (Lipinski definition) is 1. The van der Waals surface area contributed by atoms with Crippen LogP contribution in [0.15, 0.2) is 17.3 Å². The van der Waals surface area contributed by atoms with Gasteiger partial charge in [0.15, 0.2) is 0 Å². The van der Waals surface area contributed by atoms with Gasteiger partial charge in [0.25, 0.3) is 5.91 Å². The molecular formula is C10H13N5O. The van der Waals surface area contributed by atoms with Gasteiger partial charge in [0.2, 0.25) is 0 Å². The van der Waals surface area contributed by atoms with Crippen LogP contribution < -0.4 is 5.32 Å². The van der Waals surface area contributed by atoms with Crippen LogP contribution in [0.25, 0.3) is 6.20 Å². The Hall–Kier alpha value is -2.11. The second kappa shape index (κ2) is 4.18. The van der Waals surface area contributed by atoms with E-state index in [1.165, 1.54) is 12.5 Å². The summed E-state index contributed by atoms with van der Waals surface area (Å²) in [5.74, 6) is 0.404. The van der Waals surface area contributed by atoms with E-state index >= 15 is 0 Å². The average molecular weight is 219 g/mol. The normalized spacial score (nSPS) is 13.6. The molecule has 6 heteroatoms. The van der Waals surface area contributed by atoms with E-state index in [0.717, 1.165) is 0 Å². The molecule has 84 valence electrons. The van der Waals surface area contributed by atoms with Crippen molar-refractivity contribution in [3.8, 4) is 0 Å². The number of nitrogens with one attached hydrogen (secondary N) is 1. The first-order chi connectivity index (χ1) is 7.68. The fraction of sp³-hybridized carbons (Fsp3) is 0.300. The third-order valence-corrected chi connectivity index (χ3v) is 2.07. The number of anilines is 1. The summed E-state index contributed by atoms with van der Waals surface area (Å²) in [6, 6.07) is 0. The Labute approximate surface area is 93.3 Å². The van der Waals surface area contributed by atoms with E-state index in [4.69, 9.17) is 0 Å². The molecule has 0 unspecified atom stereocenters. The highest BCUT2D eigenvalue weighted by Crippen LogP contribution is 2.18. The molecule has 1 N–H and O–H groups in total. The molecule has 6 nitrogen and oxygen atoms in total. The third kappa shape index (κ3) is 1.95. The van der Waals surface area contributed by atoms with Crippen LogP contribution in [-0.2, 0) is 0 Å². The summed E-state index contributed by atoms with van der Waals surface area (Å²) in [6.45, 7) is 0.698. The number of rotatable bonds is 2. The minimum atomic E-state index is -0.294. The van der Waals surface area contributed by atoms with Gasteiger partial charge in [0.05, 0.1) is 12.5 Å². The van der Waals surface area contributed by atoms with Crippen LogP contribution >= 0.6 is 0 Å². The van der Waals surface area contributed by atoms with Gasteiger partial charge in [-0.25, -0.2) is 4.68 Å². The summed E-state index contributed by atoms with van der Waals surface area (Å²) in [5, 5.41) is 7.15. The van der Waals surface area contributed by atoms with Gasteiger partial charge in [-0.2, -0.15) is 10.1 Å². The summed E-state index contributed by atoms with van der Waals surface area (Å²) >= 11 is 0. The van der Waals surface area contributed by atoms with E-state index in [2.05, 4.69) is 15.4 Å². The van der Waals surface area contributed by atoms with Crippen molar-refractivity contribution in [2.45, 2.75) is 0 Å². The monoisotopic (exact) mass is 219 g/mol. The lowest BCUT2D eigenvalue weighted by atomic mass is 10.3. The van der Waals surface area contributed by atoms with Crippen molar-refractivity contribution in [3.05, 3.63) is 17.8 Å². The van der Waals surface area contributed by atoms with Crippen LogP contribution in [0, 0.1) is 0 Å². The highest BCUT2D eigenvalue weighted by atomic mass is 16.1. The van der Waals surface area contributed by atoms with Crippen LogP contribution in [0.1, 0.15) is 10.4 Å². The third-order valence-electron chi connectivity index (χ3n) is 2.07. The Bertz CT molecular complexity index is 458. The number of aliphatic imine (C=N–C) groups is 1. The fourth-order valence-corrected chi connectivity index (χ4v) is 1.35. The van der Waals surface area contributed by atoms with Crippen molar-refractivity contribution >= 4 is 24.3 Å².